The van der Waals surface area contributed by atoms with Crippen LogP contribution in [-0.2, 0) is 0 Å². The maximum atomic E-state index is 9.98. The minimum atomic E-state index is 0.289. The van der Waals surface area contributed by atoms with E-state index in [1.54, 1.807) is 6.07 Å². The first-order chi connectivity index (χ1) is 15.1. The van der Waals surface area contributed by atoms with Crippen LogP contribution in [0.5, 0.6) is 11.5 Å². The molecule has 1 aliphatic heterocycles. The maximum Gasteiger partial charge on any atom is 0.119 e. The summed E-state index contributed by atoms with van der Waals surface area (Å²) in [5.41, 5.74) is 4.93. The van der Waals surface area contributed by atoms with Crippen molar-refractivity contribution in [3.05, 3.63) is 77.4 Å². The normalized spacial score (nSPS) is 21.0. The summed E-state index contributed by atoms with van der Waals surface area (Å²) in [5.74, 6) is 1.54. The number of likely N-dealkylation sites (tertiary alicyclic amines) is 1. The van der Waals surface area contributed by atoms with E-state index >= 15 is 0 Å². The minimum absolute atomic E-state index is 0.289. The van der Waals surface area contributed by atoms with Gasteiger partial charge in [0.05, 0.1) is 0 Å². The van der Waals surface area contributed by atoms with E-state index < -0.39 is 0 Å². The smallest absolute Gasteiger partial charge is 0.119 e. The minimum Gasteiger partial charge on any atom is -0.508 e. The lowest BCUT2D eigenvalue weighted by Gasteiger charge is -2.28. The summed E-state index contributed by atoms with van der Waals surface area (Å²) in [6.07, 6.45) is 10.7. The van der Waals surface area contributed by atoms with Crippen molar-refractivity contribution in [2.75, 3.05) is 19.7 Å². The Hall–Kier alpha value is -2.52. The van der Waals surface area contributed by atoms with Crippen LogP contribution < -0.4 is 4.74 Å². The van der Waals surface area contributed by atoms with Gasteiger partial charge in [0, 0.05) is 12.0 Å². The fourth-order valence-electron chi connectivity index (χ4n) is 4.92. The van der Waals surface area contributed by atoms with E-state index in [9.17, 15) is 5.11 Å². The Morgan fingerprint density at radius 3 is 2.48 bits per heavy atom. The quantitative estimate of drug-likeness (QED) is 0.578. The van der Waals surface area contributed by atoms with E-state index in [1.807, 2.05) is 12.1 Å². The zero-order valence-corrected chi connectivity index (χ0v) is 18.9. The second-order valence-corrected chi connectivity index (χ2v) is 9.02. The highest BCUT2D eigenvalue weighted by Crippen LogP contribution is 2.41. The van der Waals surface area contributed by atoms with E-state index in [-0.39, 0.29) is 5.92 Å². The number of phenolic OH excluding ortho intramolecular Hbond substituents is 1. The van der Waals surface area contributed by atoms with Crippen LogP contribution in [0, 0.1) is 0 Å². The standard InChI is InChI=1S/C28H35NO2/c1-21-9-7-12-27(28(21)24-10-8-11-25(30)19-24)23-13-15-26(16-14-23)31-20-22(2)29-17-5-3-4-6-18-29/h7-11,13-16,19,22,27,30H,3-6,12,17-18,20H2,1-2H3/t22-,27?/m0/s1. The van der Waals surface area contributed by atoms with Gasteiger partial charge in [0.2, 0.25) is 0 Å². The molecule has 31 heavy (non-hydrogen) atoms. The summed E-state index contributed by atoms with van der Waals surface area (Å²) < 4.78 is 6.15. The molecule has 2 atom stereocenters. The van der Waals surface area contributed by atoms with Gasteiger partial charge in [-0.1, -0.05) is 49.3 Å². The molecule has 2 aromatic rings. The lowest BCUT2D eigenvalue weighted by molar-refractivity contribution is 0.150. The van der Waals surface area contributed by atoms with E-state index in [2.05, 4.69) is 61.2 Å². The molecular weight excluding hydrogens is 382 g/mol. The summed E-state index contributed by atoms with van der Waals surface area (Å²) in [5, 5.41) is 9.98. The molecule has 0 radical (unpaired) electrons. The third kappa shape index (κ3) is 5.40. The second-order valence-electron chi connectivity index (χ2n) is 9.02. The van der Waals surface area contributed by atoms with Crippen LogP contribution >= 0.6 is 0 Å². The van der Waals surface area contributed by atoms with Gasteiger partial charge in [0.1, 0.15) is 18.1 Å². The largest absolute Gasteiger partial charge is 0.508 e. The average molecular weight is 418 g/mol. The maximum absolute atomic E-state index is 9.98. The SMILES string of the molecule is CC1=C(c2cccc(O)c2)C(c2ccc(OC[C@H](C)N3CCCCCC3)cc2)CC=C1. The summed E-state index contributed by atoms with van der Waals surface area (Å²) in [6.45, 7) is 7.57. The number of nitrogens with zero attached hydrogens (tertiary/aromatic N) is 1. The molecule has 1 unspecified atom stereocenters. The molecular formula is C28H35NO2. The topological polar surface area (TPSA) is 32.7 Å². The first-order valence-electron chi connectivity index (χ1n) is 11.8. The number of hydrogen-bond donors (Lipinski definition) is 1. The molecule has 3 heteroatoms. The van der Waals surface area contributed by atoms with E-state index in [0.29, 0.717) is 11.8 Å². The monoisotopic (exact) mass is 417 g/mol. The lowest BCUT2D eigenvalue weighted by Crippen LogP contribution is -2.37. The number of benzene rings is 2. The van der Waals surface area contributed by atoms with Gasteiger partial charge < -0.3 is 9.84 Å². The van der Waals surface area contributed by atoms with E-state index in [4.69, 9.17) is 4.74 Å². The lowest BCUT2D eigenvalue weighted by atomic mass is 9.79. The zero-order valence-electron chi connectivity index (χ0n) is 18.9. The van der Waals surface area contributed by atoms with Gasteiger partial charge in [-0.3, -0.25) is 4.90 Å². The first kappa shape index (κ1) is 21.7. The molecule has 1 saturated heterocycles. The Kier molecular flexibility index (Phi) is 7.14. The van der Waals surface area contributed by atoms with Crippen molar-refractivity contribution < 1.29 is 9.84 Å². The summed E-state index contributed by atoms with van der Waals surface area (Å²) >= 11 is 0. The molecule has 1 heterocycles. The molecule has 164 valence electrons. The number of allylic oxidation sites excluding steroid dienone is 4. The predicted molar refractivity (Wildman–Crippen MR) is 129 cm³/mol. The number of aromatic hydroxyl groups is 1. The van der Waals surface area contributed by atoms with Crippen LogP contribution in [0.2, 0.25) is 0 Å². The van der Waals surface area contributed by atoms with Gasteiger partial charge in [0.25, 0.3) is 0 Å². The van der Waals surface area contributed by atoms with Gasteiger partial charge in [-0.2, -0.15) is 0 Å². The van der Waals surface area contributed by atoms with Crippen molar-refractivity contribution in [2.24, 2.45) is 0 Å². The molecule has 0 aromatic heterocycles. The molecule has 2 aliphatic rings. The van der Waals surface area contributed by atoms with Crippen LogP contribution in [0.15, 0.2) is 66.3 Å². The summed E-state index contributed by atoms with van der Waals surface area (Å²) in [7, 11) is 0. The highest BCUT2D eigenvalue weighted by Gasteiger charge is 2.22. The summed E-state index contributed by atoms with van der Waals surface area (Å²) in [4.78, 5) is 2.57. The number of phenols is 1. The molecule has 0 spiro atoms. The third-order valence-corrected chi connectivity index (χ3v) is 6.71. The van der Waals surface area contributed by atoms with Crippen molar-refractivity contribution in [3.8, 4) is 11.5 Å². The van der Waals surface area contributed by atoms with Gasteiger partial charge in [-0.05, 0) is 92.7 Å². The second kappa shape index (κ2) is 10.2. The fraction of sp³-hybridized carbons (Fsp3) is 0.429. The van der Waals surface area contributed by atoms with E-state index in [1.165, 1.54) is 55.5 Å². The van der Waals surface area contributed by atoms with Crippen molar-refractivity contribution >= 4 is 5.57 Å². The summed E-state index contributed by atoms with van der Waals surface area (Å²) in [6, 6.07) is 16.7. The molecule has 4 rings (SSSR count). The van der Waals surface area contributed by atoms with Gasteiger partial charge in [0.15, 0.2) is 0 Å². The Morgan fingerprint density at radius 2 is 1.77 bits per heavy atom. The van der Waals surface area contributed by atoms with Crippen LogP contribution in [0.25, 0.3) is 5.57 Å². The highest BCUT2D eigenvalue weighted by atomic mass is 16.5. The number of ether oxygens (including phenoxy) is 1. The molecule has 2 aromatic carbocycles. The van der Waals surface area contributed by atoms with E-state index in [0.717, 1.165) is 24.3 Å². The fourth-order valence-corrected chi connectivity index (χ4v) is 4.92. The molecule has 3 nitrogen and oxygen atoms in total. The Balaban J connectivity index is 1.44. The zero-order chi connectivity index (χ0) is 21.6. The highest BCUT2D eigenvalue weighted by molar-refractivity contribution is 5.77. The van der Waals surface area contributed by atoms with Crippen LogP contribution in [0.1, 0.15) is 63.0 Å². The van der Waals surface area contributed by atoms with Crippen molar-refractivity contribution in [1.29, 1.82) is 0 Å². The molecule has 0 bridgehead atoms. The molecule has 0 saturated carbocycles. The molecule has 1 N–H and O–H groups in total. The average Bonchev–Trinajstić information content (AvgIpc) is 3.07. The number of hydrogen-bond acceptors (Lipinski definition) is 3. The molecule has 1 fully saturated rings. The van der Waals surface area contributed by atoms with Crippen LogP contribution in [0.3, 0.4) is 0 Å². The van der Waals surface area contributed by atoms with Crippen LogP contribution in [-0.4, -0.2) is 35.7 Å². The Morgan fingerprint density at radius 1 is 1.03 bits per heavy atom. The van der Waals surface area contributed by atoms with Crippen molar-refractivity contribution in [2.45, 2.75) is 57.9 Å². The van der Waals surface area contributed by atoms with Gasteiger partial charge in [-0.15, -0.1) is 0 Å². The van der Waals surface area contributed by atoms with Crippen LogP contribution in [0.4, 0.5) is 0 Å². The third-order valence-electron chi connectivity index (χ3n) is 6.71. The van der Waals surface area contributed by atoms with Crippen molar-refractivity contribution in [3.63, 3.8) is 0 Å². The Bertz CT molecular complexity index is 920. The van der Waals surface area contributed by atoms with Gasteiger partial charge >= 0.3 is 0 Å². The van der Waals surface area contributed by atoms with Crippen molar-refractivity contribution in [1.82, 2.24) is 4.90 Å². The molecule has 0 amide bonds. The number of rotatable bonds is 6. The Labute approximate surface area is 187 Å². The molecule has 1 aliphatic carbocycles. The van der Waals surface area contributed by atoms with Gasteiger partial charge in [-0.25, -0.2) is 0 Å². The predicted octanol–water partition coefficient (Wildman–Crippen LogP) is 6.55. The first-order valence-corrected chi connectivity index (χ1v) is 11.8.